The summed E-state index contributed by atoms with van der Waals surface area (Å²) in [5.41, 5.74) is 0. The molecule has 128 valence electrons. The van der Waals surface area contributed by atoms with Crippen LogP contribution in [0.2, 0.25) is 5.02 Å². The summed E-state index contributed by atoms with van der Waals surface area (Å²) in [5.74, 6) is 1.67. The van der Waals surface area contributed by atoms with E-state index in [-0.39, 0.29) is 0 Å². The zero-order valence-electron chi connectivity index (χ0n) is 13.3. The van der Waals surface area contributed by atoms with Crippen LogP contribution in [0.5, 0.6) is 0 Å². The second-order valence-electron chi connectivity index (χ2n) is 5.54. The number of hydrogen-bond donors (Lipinski definition) is 2. The predicted molar refractivity (Wildman–Crippen MR) is 105 cm³/mol. The summed E-state index contributed by atoms with van der Waals surface area (Å²) in [6.07, 6.45) is 2.81. The summed E-state index contributed by atoms with van der Waals surface area (Å²) < 4.78 is 1.12. The number of halogens is 2. The molecule has 0 radical (unpaired) electrons. The maximum atomic E-state index is 6.24. The van der Waals surface area contributed by atoms with Gasteiger partial charge in [-0.15, -0.1) is 11.3 Å². The van der Waals surface area contributed by atoms with Crippen molar-refractivity contribution in [3.63, 3.8) is 0 Å². The van der Waals surface area contributed by atoms with Crippen LogP contribution in [0.4, 0.5) is 5.82 Å². The molecule has 3 heterocycles. The van der Waals surface area contributed by atoms with Gasteiger partial charge in [0.15, 0.2) is 5.96 Å². The molecule has 1 unspecified atom stereocenters. The molecule has 1 aliphatic heterocycles. The maximum Gasteiger partial charge on any atom is 0.191 e. The Bertz CT molecular complexity index is 720. The summed E-state index contributed by atoms with van der Waals surface area (Å²) in [7, 11) is 1.79. The lowest BCUT2D eigenvalue weighted by molar-refractivity contribution is 0.649. The molecule has 0 bridgehead atoms. The number of anilines is 1. The lowest BCUT2D eigenvalue weighted by Crippen LogP contribution is -2.44. The van der Waals surface area contributed by atoms with Crippen molar-refractivity contribution in [1.29, 1.82) is 0 Å². The van der Waals surface area contributed by atoms with Crippen LogP contribution in [-0.4, -0.2) is 37.1 Å². The molecule has 0 aromatic carbocycles. The third-order valence-corrected chi connectivity index (χ3v) is 5.84. The van der Waals surface area contributed by atoms with E-state index in [9.17, 15) is 0 Å². The molecule has 24 heavy (non-hydrogen) atoms. The fourth-order valence-corrected chi connectivity index (χ4v) is 4.32. The van der Waals surface area contributed by atoms with Crippen LogP contribution < -0.4 is 15.5 Å². The first-order chi connectivity index (χ1) is 11.7. The van der Waals surface area contributed by atoms with E-state index in [1.165, 1.54) is 4.88 Å². The molecule has 8 heteroatoms. The third kappa shape index (κ3) is 4.40. The first-order valence-corrected chi connectivity index (χ1v) is 9.76. The van der Waals surface area contributed by atoms with Gasteiger partial charge in [-0.05, 0) is 40.5 Å². The molecule has 2 aromatic rings. The van der Waals surface area contributed by atoms with Gasteiger partial charge in [0.25, 0.3) is 0 Å². The van der Waals surface area contributed by atoms with Gasteiger partial charge in [0.1, 0.15) is 5.82 Å². The number of thiophene rings is 1. The molecular formula is C16H19BrClN5S. The van der Waals surface area contributed by atoms with Gasteiger partial charge in [0, 0.05) is 47.1 Å². The molecule has 3 rings (SSSR count). The van der Waals surface area contributed by atoms with E-state index in [4.69, 9.17) is 11.6 Å². The molecule has 2 aromatic heterocycles. The van der Waals surface area contributed by atoms with Crippen molar-refractivity contribution in [3.05, 3.63) is 44.1 Å². The zero-order chi connectivity index (χ0) is 16.9. The Morgan fingerprint density at radius 3 is 3.17 bits per heavy atom. The molecule has 2 N–H and O–H groups in total. The van der Waals surface area contributed by atoms with Gasteiger partial charge in [0.2, 0.25) is 0 Å². The van der Waals surface area contributed by atoms with E-state index in [2.05, 4.69) is 52.9 Å². The summed E-state index contributed by atoms with van der Waals surface area (Å²) in [6.45, 7) is 2.56. The smallest absolute Gasteiger partial charge is 0.191 e. The van der Waals surface area contributed by atoms with Crippen molar-refractivity contribution >= 4 is 50.6 Å². The number of aromatic nitrogens is 1. The maximum absolute atomic E-state index is 6.24. The highest BCUT2D eigenvalue weighted by Crippen LogP contribution is 2.25. The molecule has 0 amide bonds. The van der Waals surface area contributed by atoms with Crippen LogP contribution >= 0.6 is 38.9 Å². The van der Waals surface area contributed by atoms with Crippen LogP contribution in [0.25, 0.3) is 0 Å². The van der Waals surface area contributed by atoms with Gasteiger partial charge < -0.3 is 15.5 Å². The van der Waals surface area contributed by atoms with Crippen LogP contribution in [-0.2, 0) is 6.54 Å². The third-order valence-electron chi connectivity index (χ3n) is 3.84. The first kappa shape index (κ1) is 17.5. The molecule has 1 fully saturated rings. The Morgan fingerprint density at radius 1 is 1.58 bits per heavy atom. The quantitative estimate of drug-likeness (QED) is 0.578. The highest BCUT2D eigenvalue weighted by Gasteiger charge is 2.25. The number of guanidine groups is 1. The number of pyridine rings is 1. The summed E-state index contributed by atoms with van der Waals surface area (Å²) in [4.78, 5) is 12.2. The summed E-state index contributed by atoms with van der Waals surface area (Å²) in [6, 6.07) is 6.17. The van der Waals surface area contributed by atoms with Gasteiger partial charge in [-0.3, -0.25) is 4.99 Å². The summed E-state index contributed by atoms with van der Waals surface area (Å²) in [5, 5.41) is 9.62. The largest absolute Gasteiger partial charge is 0.353 e. The van der Waals surface area contributed by atoms with Gasteiger partial charge >= 0.3 is 0 Å². The molecule has 1 atom stereocenters. The minimum absolute atomic E-state index is 0.323. The van der Waals surface area contributed by atoms with E-state index < -0.39 is 0 Å². The second kappa shape index (κ2) is 8.18. The fourth-order valence-electron chi connectivity index (χ4n) is 2.69. The van der Waals surface area contributed by atoms with Gasteiger partial charge in [0.05, 0.1) is 11.6 Å². The fraction of sp³-hybridized carbons (Fsp3) is 0.375. The monoisotopic (exact) mass is 427 g/mol. The highest BCUT2D eigenvalue weighted by molar-refractivity contribution is 9.10. The highest BCUT2D eigenvalue weighted by atomic mass is 79.9. The van der Waals surface area contributed by atoms with E-state index in [1.807, 2.05) is 12.1 Å². The summed E-state index contributed by atoms with van der Waals surface area (Å²) >= 11 is 11.4. The molecule has 5 nitrogen and oxygen atoms in total. The lowest BCUT2D eigenvalue weighted by Gasteiger charge is -2.20. The molecule has 0 aliphatic carbocycles. The topological polar surface area (TPSA) is 52.6 Å². The number of nitrogens with zero attached hydrogens (tertiary/aromatic N) is 3. The molecule has 0 saturated carbocycles. The minimum atomic E-state index is 0.323. The van der Waals surface area contributed by atoms with Crippen molar-refractivity contribution in [3.8, 4) is 0 Å². The van der Waals surface area contributed by atoms with Crippen molar-refractivity contribution < 1.29 is 0 Å². The number of hydrogen-bond acceptors (Lipinski definition) is 4. The van der Waals surface area contributed by atoms with Gasteiger partial charge in [-0.1, -0.05) is 11.6 Å². The van der Waals surface area contributed by atoms with Gasteiger partial charge in [-0.25, -0.2) is 4.98 Å². The molecule has 1 saturated heterocycles. The van der Waals surface area contributed by atoms with E-state index in [0.29, 0.717) is 11.1 Å². The van der Waals surface area contributed by atoms with E-state index in [0.717, 1.165) is 42.3 Å². The van der Waals surface area contributed by atoms with Crippen molar-refractivity contribution in [1.82, 2.24) is 15.6 Å². The molecular weight excluding hydrogens is 410 g/mol. The average molecular weight is 429 g/mol. The van der Waals surface area contributed by atoms with E-state index in [1.54, 1.807) is 24.6 Å². The first-order valence-electron chi connectivity index (χ1n) is 7.71. The van der Waals surface area contributed by atoms with E-state index >= 15 is 0 Å². The Balaban J connectivity index is 1.53. The van der Waals surface area contributed by atoms with Crippen LogP contribution in [0.3, 0.4) is 0 Å². The number of rotatable bonds is 4. The number of aliphatic imine (C=N–C) groups is 1. The number of nitrogens with one attached hydrogen (secondary N) is 2. The normalized spacial score (nSPS) is 18.0. The molecule has 0 spiro atoms. The van der Waals surface area contributed by atoms with Crippen molar-refractivity contribution in [2.75, 3.05) is 25.0 Å². The standard InChI is InChI=1S/C16H19BrClN5S/c1-19-16(21-8-13-7-11(17)10-24-13)22-12-4-6-23(9-12)15-14(18)3-2-5-20-15/h2-3,5,7,10,12H,4,6,8-9H2,1H3,(H2,19,21,22). The average Bonchev–Trinajstić information content (AvgIpc) is 3.21. The minimum Gasteiger partial charge on any atom is -0.353 e. The van der Waals surface area contributed by atoms with Crippen LogP contribution in [0.15, 0.2) is 39.2 Å². The Hall–Kier alpha value is -1.31. The Labute approximate surface area is 159 Å². The Morgan fingerprint density at radius 2 is 2.46 bits per heavy atom. The Kier molecular flexibility index (Phi) is 5.97. The van der Waals surface area contributed by atoms with Crippen LogP contribution in [0, 0.1) is 0 Å². The lowest BCUT2D eigenvalue weighted by atomic mass is 10.3. The zero-order valence-corrected chi connectivity index (χ0v) is 16.5. The van der Waals surface area contributed by atoms with Gasteiger partial charge in [-0.2, -0.15) is 0 Å². The van der Waals surface area contributed by atoms with Crippen LogP contribution in [0.1, 0.15) is 11.3 Å². The second-order valence-corrected chi connectivity index (χ2v) is 7.86. The van der Waals surface area contributed by atoms with Crippen molar-refractivity contribution in [2.45, 2.75) is 19.0 Å². The van der Waals surface area contributed by atoms with Crippen molar-refractivity contribution in [2.24, 2.45) is 4.99 Å². The molecule has 1 aliphatic rings. The predicted octanol–water partition coefficient (Wildman–Crippen LogP) is 3.50. The SMILES string of the molecule is CN=C(NCc1cc(Br)cs1)NC1CCN(c2ncccc2Cl)C1.